The van der Waals surface area contributed by atoms with E-state index in [2.05, 4.69) is 25.5 Å². The molecule has 0 bridgehead atoms. The molecule has 0 aliphatic carbocycles. The number of anilines is 1. The minimum Gasteiger partial charge on any atom is -0.493 e. The maximum Gasteiger partial charge on any atom is 0.163 e. The molecule has 2 aromatic carbocycles. The van der Waals surface area contributed by atoms with Crippen LogP contribution in [0.15, 0.2) is 72.1 Å². The molecule has 2 aromatic heterocycles. The first-order chi connectivity index (χ1) is 14.7. The maximum absolute atomic E-state index is 5.39. The molecule has 0 saturated carbocycles. The van der Waals surface area contributed by atoms with Gasteiger partial charge in [-0.2, -0.15) is 5.10 Å². The number of aromatic nitrogens is 3. The number of fused-ring (bicyclic) bond motifs is 1. The number of methoxy groups -OCH3 is 2. The van der Waals surface area contributed by atoms with Gasteiger partial charge in [0.15, 0.2) is 23.1 Å². The van der Waals surface area contributed by atoms with E-state index >= 15 is 0 Å². The van der Waals surface area contributed by atoms with E-state index in [-0.39, 0.29) is 0 Å². The zero-order chi connectivity index (χ0) is 20.9. The van der Waals surface area contributed by atoms with Crippen LogP contribution in [0.2, 0.25) is 0 Å². The van der Waals surface area contributed by atoms with Gasteiger partial charge >= 0.3 is 0 Å². The van der Waals surface area contributed by atoms with Gasteiger partial charge in [0.25, 0.3) is 0 Å². The quantitative estimate of drug-likeness (QED) is 0.378. The molecule has 1 N–H and O–H groups in total. The van der Waals surface area contributed by atoms with Crippen LogP contribution in [0.4, 0.5) is 5.82 Å². The van der Waals surface area contributed by atoms with Crippen LogP contribution in [-0.2, 0) is 0 Å². The van der Waals surface area contributed by atoms with Gasteiger partial charge in [-0.25, -0.2) is 9.97 Å². The second-order valence-electron chi connectivity index (χ2n) is 6.53. The fourth-order valence-corrected chi connectivity index (χ4v) is 3.05. The average molecular weight is 399 g/mol. The molecule has 30 heavy (non-hydrogen) atoms. The average Bonchev–Trinajstić information content (AvgIpc) is 2.82. The van der Waals surface area contributed by atoms with Crippen LogP contribution in [0.3, 0.4) is 0 Å². The van der Waals surface area contributed by atoms with E-state index in [0.717, 1.165) is 27.7 Å². The highest BCUT2D eigenvalue weighted by molar-refractivity contribution is 6.00. The Labute approximate surface area is 174 Å². The molecule has 0 aliphatic heterocycles. The number of hydrazone groups is 1. The summed E-state index contributed by atoms with van der Waals surface area (Å²) in [6.45, 7) is 1.92. The fraction of sp³-hybridized carbons (Fsp3) is 0.130. The first-order valence-corrected chi connectivity index (χ1v) is 9.39. The van der Waals surface area contributed by atoms with Crippen molar-refractivity contribution in [3.8, 4) is 22.9 Å². The smallest absolute Gasteiger partial charge is 0.163 e. The summed E-state index contributed by atoms with van der Waals surface area (Å²) < 4.78 is 10.7. The monoisotopic (exact) mass is 399 g/mol. The Kier molecular flexibility index (Phi) is 5.52. The highest BCUT2D eigenvalue weighted by Gasteiger charge is 2.10. The Balaban J connectivity index is 1.71. The van der Waals surface area contributed by atoms with E-state index in [1.54, 1.807) is 26.6 Å². The van der Waals surface area contributed by atoms with E-state index in [4.69, 9.17) is 9.47 Å². The molecular formula is C23H21N5O2. The summed E-state index contributed by atoms with van der Waals surface area (Å²) in [5, 5.41) is 5.43. The normalized spacial score (nSPS) is 11.4. The van der Waals surface area contributed by atoms with Crippen molar-refractivity contribution in [3.05, 3.63) is 72.6 Å². The Morgan fingerprint density at radius 2 is 1.77 bits per heavy atom. The summed E-state index contributed by atoms with van der Waals surface area (Å²) in [4.78, 5) is 13.5. The molecule has 4 aromatic rings. The van der Waals surface area contributed by atoms with E-state index < -0.39 is 0 Å². The number of hydrogen-bond donors (Lipinski definition) is 1. The third kappa shape index (κ3) is 3.91. The largest absolute Gasteiger partial charge is 0.493 e. The number of nitrogens with zero attached hydrogens (tertiary/aromatic N) is 4. The lowest BCUT2D eigenvalue weighted by Gasteiger charge is -2.11. The summed E-state index contributed by atoms with van der Waals surface area (Å²) in [5.74, 6) is 2.53. The Bertz CT molecular complexity index is 1210. The highest BCUT2D eigenvalue weighted by Crippen LogP contribution is 2.28. The predicted octanol–water partition coefficient (Wildman–Crippen LogP) is 4.55. The number of benzene rings is 2. The summed E-state index contributed by atoms with van der Waals surface area (Å²) in [7, 11) is 3.22. The van der Waals surface area contributed by atoms with Gasteiger partial charge in [0.2, 0.25) is 0 Å². The summed E-state index contributed by atoms with van der Waals surface area (Å²) in [6, 6.07) is 17.3. The first kappa shape index (κ1) is 19.3. The molecule has 0 saturated heterocycles. The standard InChI is InChI=1S/C23H21N5O2/c1-15(16-10-11-20(29-2)21(13-16)30-3)27-28-23-18-8-4-5-9-19(18)25-22(26-23)17-7-6-12-24-14-17/h4-14H,1-3H3,(H,25,26,28)/b27-15+. The minimum absolute atomic E-state index is 0.586. The van der Waals surface area contributed by atoms with Gasteiger partial charge in [-0.05, 0) is 49.4 Å². The molecule has 4 rings (SSSR count). The second kappa shape index (κ2) is 8.57. The van der Waals surface area contributed by atoms with Crippen molar-refractivity contribution < 1.29 is 9.47 Å². The highest BCUT2D eigenvalue weighted by atomic mass is 16.5. The Morgan fingerprint density at radius 1 is 0.933 bits per heavy atom. The van der Waals surface area contributed by atoms with Gasteiger partial charge in [-0.3, -0.25) is 10.4 Å². The van der Waals surface area contributed by atoms with Gasteiger partial charge in [0, 0.05) is 28.9 Å². The fourth-order valence-electron chi connectivity index (χ4n) is 3.05. The second-order valence-corrected chi connectivity index (χ2v) is 6.53. The first-order valence-electron chi connectivity index (χ1n) is 9.39. The van der Waals surface area contributed by atoms with E-state index in [1.165, 1.54) is 0 Å². The third-order valence-corrected chi connectivity index (χ3v) is 4.65. The summed E-state index contributed by atoms with van der Waals surface area (Å²) >= 11 is 0. The van der Waals surface area contributed by atoms with Gasteiger partial charge in [0.05, 0.1) is 25.4 Å². The van der Waals surface area contributed by atoms with Crippen LogP contribution in [-0.4, -0.2) is 34.9 Å². The molecule has 0 radical (unpaired) electrons. The lowest BCUT2D eigenvalue weighted by atomic mass is 10.1. The molecule has 7 nitrogen and oxygen atoms in total. The molecule has 150 valence electrons. The molecule has 0 spiro atoms. The number of nitrogens with one attached hydrogen (secondary N) is 1. The molecule has 0 fully saturated rings. The zero-order valence-electron chi connectivity index (χ0n) is 17.0. The zero-order valence-corrected chi connectivity index (χ0v) is 17.0. The Hall–Kier alpha value is -4.00. The number of pyridine rings is 1. The van der Waals surface area contributed by atoms with Gasteiger partial charge in [0.1, 0.15) is 0 Å². The van der Waals surface area contributed by atoms with E-state index in [9.17, 15) is 0 Å². The van der Waals surface area contributed by atoms with Crippen molar-refractivity contribution in [1.29, 1.82) is 0 Å². The Morgan fingerprint density at radius 3 is 2.53 bits per heavy atom. The third-order valence-electron chi connectivity index (χ3n) is 4.65. The van der Waals surface area contributed by atoms with E-state index in [1.807, 2.05) is 61.5 Å². The molecule has 7 heteroatoms. The van der Waals surface area contributed by atoms with Gasteiger partial charge in [-0.15, -0.1) is 0 Å². The van der Waals surface area contributed by atoms with Crippen LogP contribution >= 0.6 is 0 Å². The molecule has 0 aliphatic rings. The summed E-state index contributed by atoms with van der Waals surface area (Å²) in [5.41, 5.74) is 6.46. The van der Waals surface area contributed by atoms with Crippen LogP contribution in [0, 0.1) is 0 Å². The number of ether oxygens (including phenoxy) is 2. The van der Waals surface area contributed by atoms with Crippen molar-refractivity contribution in [2.75, 3.05) is 19.6 Å². The van der Waals surface area contributed by atoms with Crippen molar-refractivity contribution in [1.82, 2.24) is 15.0 Å². The minimum atomic E-state index is 0.586. The van der Waals surface area contributed by atoms with Gasteiger partial charge < -0.3 is 9.47 Å². The number of rotatable bonds is 6. The van der Waals surface area contributed by atoms with Crippen LogP contribution in [0.5, 0.6) is 11.5 Å². The number of para-hydroxylation sites is 1. The van der Waals surface area contributed by atoms with Crippen LogP contribution in [0.25, 0.3) is 22.3 Å². The molecule has 0 unspecified atom stereocenters. The maximum atomic E-state index is 5.39. The van der Waals surface area contributed by atoms with Crippen LogP contribution in [0.1, 0.15) is 12.5 Å². The van der Waals surface area contributed by atoms with Crippen molar-refractivity contribution in [2.24, 2.45) is 5.10 Å². The molecular weight excluding hydrogens is 378 g/mol. The predicted molar refractivity (Wildman–Crippen MR) is 118 cm³/mol. The van der Waals surface area contributed by atoms with Crippen LogP contribution < -0.4 is 14.9 Å². The summed E-state index contributed by atoms with van der Waals surface area (Å²) in [6.07, 6.45) is 3.46. The SMILES string of the molecule is COc1ccc(/C(C)=N/Nc2nc(-c3cccnc3)nc3ccccc23)cc1OC. The lowest BCUT2D eigenvalue weighted by molar-refractivity contribution is 0.355. The topological polar surface area (TPSA) is 81.5 Å². The van der Waals surface area contributed by atoms with Crippen molar-refractivity contribution >= 4 is 22.4 Å². The molecule has 0 atom stereocenters. The molecule has 0 amide bonds. The molecule has 2 heterocycles. The lowest BCUT2D eigenvalue weighted by Crippen LogP contribution is -2.04. The van der Waals surface area contributed by atoms with Crippen molar-refractivity contribution in [3.63, 3.8) is 0 Å². The van der Waals surface area contributed by atoms with E-state index in [0.29, 0.717) is 23.1 Å². The number of hydrogen-bond acceptors (Lipinski definition) is 7. The van der Waals surface area contributed by atoms with Crippen molar-refractivity contribution in [2.45, 2.75) is 6.92 Å². The van der Waals surface area contributed by atoms with Gasteiger partial charge in [-0.1, -0.05) is 12.1 Å².